The van der Waals surface area contributed by atoms with E-state index in [0.29, 0.717) is 23.7 Å². The molecule has 1 aromatic carbocycles. The average molecular weight is 252 g/mol. The van der Waals surface area contributed by atoms with E-state index in [4.69, 9.17) is 16.3 Å². The van der Waals surface area contributed by atoms with Crippen molar-refractivity contribution in [1.82, 2.24) is 0 Å². The molecule has 3 nitrogen and oxygen atoms in total. The van der Waals surface area contributed by atoms with Crippen LogP contribution in [0, 0.1) is 5.92 Å². The lowest BCUT2D eigenvalue weighted by molar-refractivity contribution is -0.117. The molecule has 0 aromatic heterocycles. The van der Waals surface area contributed by atoms with Crippen molar-refractivity contribution in [3.63, 3.8) is 0 Å². The molecule has 1 unspecified atom stereocenters. The molecule has 1 aliphatic rings. The molecule has 1 saturated heterocycles. The third kappa shape index (κ3) is 2.44. The molecule has 0 radical (unpaired) electrons. The summed E-state index contributed by atoms with van der Waals surface area (Å²) in [7, 11) is 1.58. The number of hydrogen-bond acceptors (Lipinski definition) is 2. The number of benzene rings is 1. The van der Waals surface area contributed by atoms with Crippen LogP contribution in [0.3, 0.4) is 0 Å². The van der Waals surface area contributed by atoms with E-state index >= 15 is 0 Å². The van der Waals surface area contributed by atoms with Crippen molar-refractivity contribution in [3.05, 3.63) is 35.9 Å². The van der Waals surface area contributed by atoms with Crippen LogP contribution in [0.25, 0.3) is 0 Å². The highest BCUT2D eigenvalue weighted by Crippen LogP contribution is 2.31. The van der Waals surface area contributed by atoms with Gasteiger partial charge in [-0.2, -0.15) is 0 Å². The van der Waals surface area contributed by atoms with Crippen LogP contribution < -0.4 is 9.64 Å². The second-order valence-electron chi connectivity index (χ2n) is 4.05. The Morgan fingerprint density at radius 2 is 2.29 bits per heavy atom. The maximum absolute atomic E-state index is 11.8. The molecule has 1 heterocycles. The van der Waals surface area contributed by atoms with Crippen LogP contribution in [0.1, 0.15) is 6.42 Å². The Kier molecular flexibility index (Phi) is 3.38. The molecule has 0 saturated carbocycles. The molecule has 4 heteroatoms. The summed E-state index contributed by atoms with van der Waals surface area (Å²) < 4.78 is 5.14. The molecule has 1 aliphatic heterocycles. The third-order valence-electron chi connectivity index (χ3n) is 2.89. The fourth-order valence-corrected chi connectivity index (χ4v) is 2.18. The van der Waals surface area contributed by atoms with Crippen LogP contribution in [-0.4, -0.2) is 19.6 Å². The van der Waals surface area contributed by atoms with Gasteiger partial charge in [0, 0.05) is 35.7 Å². The fourth-order valence-electron chi connectivity index (χ4n) is 1.96. The molecular weight excluding hydrogens is 238 g/mol. The van der Waals surface area contributed by atoms with Gasteiger partial charge in [-0.3, -0.25) is 4.79 Å². The molecular formula is C13H14ClNO2. The number of amides is 1. The predicted octanol–water partition coefficient (Wildman–Crippen LogP) is 2.89. The minimum Gasteiger partial charge on any atom is -0.497 e. The summed E-state index contributed by atoms with van der Waals surface area (Å²) >= 11 is 5.99. The first-order valence-corrected chi connectivity index (χ1v) is 5.79. The molecule has 2 rings (SSSR count). The summed E-state index contributed by atoms with van der Waals surface area (Å²) in [4.78, 5) is 13.6. The van der Waals surface area contributed by atoms with Gasteiger partial charge in [0.15, 0.2) is 0 Å². The lowest BCUT2D eigenvalue weighted by atomic mass is 10.1. The van der Waals surface area contributed by atoms with Gasteiger partial charge < -0.3 is 9.64 Å². The average Bonchev–Trinajstić information content (AvgIpc) is 2.69. The van der Waals surface area contributed by atoms with Gasteiger partial charge in [0.1, 0.15) is 5.75 Å². The van der Waals surface area contributed by atoms with E-state index in [0.717, 1.165) is 5.69 Å². The van der Waals surface area contributed by atoms with Gasteiger partial charge >= 0.3 is 0 Å². The standard InChI is InChI=1S/C13H14ClNO2/c1-3-9-4-13(16)15(8-9)11-5-10(14)6-12(7-11)17-2/h3,5-7,9H,1,4,8H2,2H3. The number of methoxy groups -OCH3 is 1. The summed E-state index contributed by atoms with van der Waals surface area (Å²) in [6.45, 7) is 4.39. The van der Waals surface area contributed by atoms with Gasteiger partial charge in [-0.05, 0) is 12.1 Å². The van der Waals surface area contributed by atoms with E-state index in [2.05, 4.69) is 6.58 Å². The minimum atomic E-state index is 0.0965. The lowest BCUT2D eigenvalue weighted by Gasteiger charge is -2.17. The summed E-state index contributed by atoms with van der Waals surface area (Å²) in [5.74, 6) is 0.967. The maximum atomic E-state index is 11.8. The van der Waals surface area contributed by atoms with Gasteiger partial charge in [0.05, 0.1) is 7.11 Å². The summed E-state index contributed by atoms with van der Waals surface area (Å²) in [5.41, 5.74) is 0.781. The monoisotopic (exact) mass is 251 g/mol. The number of ether oxygens (including phenoxy) is 1. The van der Waals surface area contributed by atoms with E-state index in [1.807, 2.05) is 12.1 Å². The van der Waals surface area contributed by atoms with E-state index in [1.165, 1.54) is 0 Å². The number of halogens is 1. The maximum Gasteiger partial charge on any atom is 0.227 e. The van der Waals surface area contributed by atoms with Crippen molar-refractivity contribution >= 4 is 23.2 Å². The first-order chi connectivity index (χ1) is 8.13. The zero-order chi connectivity index (χ0) is 12.4. The van der Waals surface area contributed by atoms with Crippen LogP contribution in [-0.2, 0) is 4.79 Å². The van der Waals surface area contributed by atoms with Crippen molar-refractivity contribution in [2.75, 3.05) is 18.6 Å². The molecule has 0 aliphatic carbocycles. The van der Waals surface area contributed by atoms with Crippen LogP contribution in [0.4, 0.5) is 5.69 Å². The summed E-state index contributed by atoms with van der Waals surface area (Å²) in [6, 6.07) is 5.30. The van der Waals surface area contributed by atoms with Crippen LogP contribution in [0.2, 0.25) is 5.02 Å². The van der Waals surface area contributed by atoms with E-state index in [1.54, 1.807) is 24.1 Å². The van der Waals surface area contributed by atoms with Gasteiger partial charge in [-0.25, -0.2) is 0 Å². The number of anilines is 1. The molecule has 1 fully saturated rings. The molecule has 0 spiro atoms. The quantitative estimate of drug-likeness (QED) is 0.773. The molecule has 0 bridgehead atoms. The minimum absolute atomic E-state index is 0.0965. The van der Waals surface area contributed by atoms with Gasteiger partial charge in [0.25, 0.3) is 0 Å². The molecule has 1 amide bonds. The lowest BCUT2D eigenvalue weighted by Crippen LogP contribution is -2.24. The van der Waals surface area contributed by atoms with Crippen molar-refractivity contribution in [1.29, 1.82) is 0 Å². The zero-order valence-electron chi connectivity index (χ0n) is 9.65. The Morgan fingerprint density at radius 3 is 2.88 bits per heavy atom. The highest BCUT2D eigenvalue weighted by atomic mass is 35.5. The van der Waals surface area contributed by atoms with E-state index in [-0.39, 0.29) is 11.8 Å². The topological polar surface area (TPSA) is 29.5 Å². The number of carbonyl (C=O) groups is 1. The van der Waals surface area contributed by atoms with Crippen molar-refractivity contribution < 1.29 is 9.53 Å². The van der Waals surface area contributed by atoms with Crippen molar-refractivity contribution in [3.8, 4) is 5.75 Å². The van der Waals surface area contributed by atoms with Crippen molar-refractivity contribution in [2.45, 2.75) is 6.42 Å². The number of rotatable bonds is 3. The Hall–Kier alpha value is -1.48. The van der Waals surface area contributed by atoms with Gasteiger partial charge in [-0.15, -0.1) is 6.58 Å². The van der Waals surface area contributed by atoms with Crippen molar-refractivity contribution in [2.24, 2.45) is 5.92 Å². The summed E-state index contributed by atoms with van der Waals surface area (Å²) in [6.07, 6.45) is 2.33. The normalized spacial score (nSPS) is 19.5. The second kappa shape index (κ2) is 4.80. The molecule has 1 aromatic rings. The number of nitrogens with zero attached hydrogens (tertiary/aromatic N) is 1. The van der Waals surface area contributed by atoms with Gasteiger partial charge in [-0.1, -0.05) is 17.7 Å². The Morgan fingerprint density at radius 1 is 1.53 bits per heavy atom. The zero-order valence-corrected chi connectivity index (χ0v) is 10.4. The largest absolute Gasteiger partial charge is 0.497 e. The Balaban J connectivity index is 2.31. The number of carbonyl (C=O) groups excluding carboxylic acids is 1. The highest BCUT2D eigenvalue weighted by Gasteiger charge is 2.29. The predicted molar refractivity (Wildman–Crippen MR) is 68.7 cm³/mol. The first kappa shape index (κ1) is 12.0. The molecule has 0 N–H and O–H groups in total. The van der Waals surface area contributed by atoms with E-state index in [9.17, 15) is 4.79 Å². The second-order valence-corrected chi connectivity index (χ2v) is 4.49. The Bertz CT molecular complexity index is 459. The Labute approximate surface area is 106 Å². The molecule has 1 atom stereocenters. The third-order valence-corrected chi connectivity index (χ3v) is 3.11. The smallest absolute Gasteiger partial charge is 0.227 e. The first-order valence-electron chi connectivity index (χ1n) is 5.41. The number of hydrogen-bond donors (Lipinski definition) is 0. The van der Waals surface area contributed by atoms with Crippen LogP contribution in [0.15, 0.2) is 30.9 Å². The highest BCUT2D eigenvalue weighted by molar-refractivity contribution is 6.31. The van der Waals surface area contributed by atoms with Gasteiger partial charge in [0.2, 0.25) is 5.91 Å². The summed E-state index contributed by atoms with van der Waals surface area (Å²) in [5, 5.41) is 0.564. The SMILES string of the molecule is C=CC1CC(=O)N(c2cc(Cl)cc(OC)c2)C1. The van der Waals surface area contributed by atoms with Crippen LogP contribution >= 0.6 is 11.6 Å². The van der Waals surface area contributed by atoms with E-state index < -0.39 is 0 Å². The molecule has 17 heavy (non-hydrogen) atoms. The van der Waals surface area contributed by atoms with Crippen LogP contribution in [0.5, 0.6) is 5.75 Å². The molecule has 90 valence electrons. The fraction of sp³-hybridized carbons (Fsp3) is 0.308.